The van der Waals surface area contributed by atoms with Crippen LogP contribution in [0.5, 0.6) is 0 Å². The predicted octanol–water partition coefficient (Wildman–Crippen LogP) is 3.28. The number of furan rings is 1. The van der Waals surface area contributed by atoms with Crippen LogP contribution in [-0.4, -0.2) is 35.1 Å². The lowest BCUT2D eigenvalue weighted by molar-refractivity contribution is 0.0735. The van der Waals surface area contributed by atoms with E-state index in [-0.39, 0.29) is 5.91 Å². The van der Waals surface area contributed by atoms with E-state index in [1.807, 2.05) is 18.2 Å². The molecular weight excluding hydrogens is 278 g/mol. The number of carbonyl (C=O) groups excluding carboxylic acids is 1. The van der Waals surface area contributed by atoms with Crippen molar-refractivity contribution in [3.05, 3.63) is 47.7 Å². The van der Waals surface area contributed by atoms with Gasteiger partial charge in [0.15, 0.2) is 5.76 Å². The van der Waals surface area contributed by atoms with Crippen molar-refractivity contribution in [2.75, 3.05) is 13.1 Å². The number of aliphatic hydroxyl groups excluding tert-OH is 1. The van der Waals surface area contributed by atoms with Crippen molar-refractivity contribution >= 4 is 5.91 Å². The van der Waals surface area contributed by atoms with E-state index in [2.05, 4.69) is 26.0 Å². The molecule has 1 atom stereocenters. The number of amides is 1. The minimum absolute atomic E-state index is 0.150. The van der Waals surface area contributed by atoms with Crippen LogP contribution in [0.1, 0.15) is 42.3 Å². The molecule has 0 spiro atoms. The van der Waals surface area contributed by atoms with Gasteiger partial charge in [-0.1, -0.05) is 32.0 Å². The van der Waals surface area contributed by atoms with Crippen LogP contribution in [0.3, 0.4) is 0 Å². The molecule has 1 fully saturated rings. The van der Waals surface area contributed by atoms with E-state index in [1.165, 1.54) is 5.56 Å². The summed E-state index contributed by atoms with van der Waals surface area (Å²) in [6.07, 6.45) is 0.219. The third kappa shape index (κ3) is 2.92. The summed E-state index contributed by atoms with van der Waals surface area (Å²) in [5.74, 6) is 1.33. The number of rotatable bonds is 3. The molecule has 1 saturated heterocycles. The first-order valence-electron chi connectivity index (χ1n) is 7.72. The lowest BCUT2D eigenvalue weighted by Crippen LogP contribution is -2.29. The van der Waals surface area contributed by atoms with Gasteiger partial charge in [0.25, 0.3) is 5.91 Å². The van der Waals surface area contributed by atoms with Crippen LogP contribution in [0.4, 0.5) is 0 Å². The van der Waals surface area contributed by atoms with Gasteiger partial charge < -0.3 is 14.4 Å². The lowest BCUT2D eigenvalue weighted by Gasteiger charge is -2.13. The molecule has 1 aromatic carbocycles. The number of nitrogens with zero attached hydrogens (tertiary/aromatic N) is 1. The average molecular weight is 299 g/mol. The first kappa shape index (κ1) is 14.9. The molecule has 1 N–H and O–H groups in total. The quantitative estimate of drug-likeness (QED) is 0.946. The first-order chi connectivity index (χ1) is 10.5. The van der Waals surface area contributed by atoms with E-state index in [0.717, 1.165) is 5.56 Å². The van der Waals surface area contributed by atoms with Gasteiger partial charge in [-0.2, -0.15) is 0 Å². The summed E-state index contributed by atoms with van der Waals surface area (Å²) in [5.41, 5.74) is 2.22. The molecule has 1 amide bonds. The molecule has 0 unspecified atom stereocenters. The Morgan fingerprint density at radius 1 is 1.32 bits per heavy atom. The molecule has 2 heterocycles. The molecule has 1 aliphatic rings. The van der Waals surface area contributed by atoms with Crippen molar-refractivity contribution in [1.29, 1.82) is 0 Å². The van der Waals surface area contributed by atoms with Crippen LogP contribution >= 0.6 is 0 Å². The molecule has 116 valence electrons. The van der Waals surface area contributed by atoms with Gasteiger partial charge >= 0.3 is 0 Å². The average Bonchev–Trinajstić information content (AvgIpc) is 3.15. The fraction of sp³-hybridized carbons (Fsp3) is 0.389. The van der Waals surface area contributed by atoms with E-state index in [4.69, 9.17) is 4.42 Å². The highest BCUT2D eigenvalue weighted by Crippen LogP contribution is 2.26. The van der Waals surface area contributed by atoms with Gasteiger partial charge in [0.2, 0.25) is 0 Å². The molecule has 2 aromatic rings. The van der Waals surface area contributed by atoms with E-state index >= 15 is 0 Å². The molecule has 4 nitrogen and oxygen atoms in total. The van der Waals surface area contributed by atoms with Crippen LogP contribution in [0.2, 0.25) is 0 Å². The largest absolute Gasteiger partial charge is 0.451 e. The highest BCUT2D eigenvalue weighted by Gasteiger charge is 2.27. The molecule has 0 radical (unpaired) electrons. The van der Waals surface area contributed by atoms with Crippen molar-refractivity contribution in [2.24, 2.45) is 0 Å². The van der Waals surface area contributed by atoms with Crippen molar-refractivity contribution in [3.8, 4) is 11.3 Å². The maximum absolute atomic E-state index is 12.3. The predicted molar refractivity (Wildman–Crippen MR) is 84.8 cm³/mol. The second-order valence-corrected chi connectivity index (χ2v) is 6.14. The molecule has 3 rings (SSSR count). The van der Waals surface area contributed by atoms with Crippen LogP contribution in [0, 0.1) is 0 Å². The normalized spacial score (nSPS) is 18.2. The summed E-state index contributed by atoms with van der Waals surface area (Å²) in [7, 11) is 0. The molecule has 0 bridgehead atoms. The maximum Gasteiger partial charge on any atom is 0.289 e. The zero-order valence-corrected chi connectivity index (χ0v) is 13.0. The van der Waals surface area contributed by atoms with Gasteiger partial charge in [0.1, 0.15) is 5.76 Å². The number of carbonyl (C=O) groups is 1. The molecular formula is C18H21NO3. The Morgan fingerprint density at radius 3 is 2.82 bits per heavy atom. The SMILES string of the molecule is CC(C)c1cccc(-c2ccc(C(=O)N3CC[C@H](O)C3)o2)c1. The third-order valence-corrected chi connectivity index (χ3v) is 4.11. The molecule has 1 aromatic heterocycles. The van der Waals surface area contributed by atoms with Gasteiger partial charge in [-0.25, -0.2) is 0 Å². The Balaban J connectivity index is 1.81. The number of aliphatic hydroxyl groups is 1. The summed E-state index contributed by atoms with van der Waals surface area (Å²) in [4.78, 5) is 14.0. The van der Waals surface area contributed by atoms with Crippen LogP contribution in [0.15, 0.2) is 40.8 Å². The fourth-order valence-electron chi connectivity index (χ4n) is 2.74. The van der Waals surface area contributed by atoms with E-state index in [1.54, 1.807) is 11.0 Å². The molecule has 22 heavy (non-hydrogen) atoms. The second kappa shape index (κ2) is 5.97. The highest BCUT2D eigenvalue weighted by atomic mass is 16.4. The second-order valence-electron chi connectivity index (χ2n) is 6.14. The standard InChI is InChI=1S/C18H21NO3/c1-12(2)13-4-3-5-14(10-13)16-6-7-17(22-16)18(21)19-9-8-15(20)11-19/h3-7,10,12,15,20H,8-9,11H2,1-2H3/t15-/m0/s1. The number of benzene rings is 1. The first-order valence-corrected chi connectivity index (χ1v) is 7.72. The summed E-state index contributed by atoms with van der Waals surface area (Å²) < 4.78 is 5.74. The zero-order valence-electron chi connectivity index (χ0n) is 13.0. The molecule has 1 aliphatic heterocycles. The summed E-state index contributed by atoms with van der Waals surface area (Å²) in [6, 6.07) is 11.7. The van der Waals surface area contributed by atoms with Gasteiger partial charge in [-0.3, -0.25) is 4.79 Å². The lowest BCUT2D eigenvalue weighted by atomic mass is 10.0. The van der Waals surface area contributed by atoms with Crippen molar-refractivity contribution in [2.45, 2.75) is 32.3 Å². The third-order valence-electron chi connectivity index (χ3n) is 4.11. The van der Waals surface area contributed by atoms with Crippen LogP contribution < -0.4 is 0 Å². The molecule has 4 heteroatoms. The minimum atomic E-state index is -0.416. The van der Waals surface area contributed by atoms with Crippen LogP contribution in [-0.2, 0) is 0 Å². The van der Waals surface area contributed by atoms with E-state index in [9.17, 15) is 9.90 Å². The smallest absolute Gasteiger partial charge is 0.289 e. The van der Waals surface area contributed by atoms with E-state index in [0.29, 0.717) is 36.9 Å². The number of likely N-dealkylation sites (tertiary alicyclic amines) is 1. The number of hydrogen-bond acceptors (Lipinski definition) is 3. The highest BCUT2D eigenvalue weighted by molar-refractivity contribution is 5.92. The Morgan fingerprint density at radius 2 is 2.14 bits per heavy atom. The van der Waals surface area contributed by atoms with Gasteiger partial charge in [0, 0.05) is 18.7 Å². The Bertz CT molecular complexity index is 674. The van der Waals surface area contributed by atoms with Crippen molar-refractivity contribution < 1.29 is 14.3 Å². The number of hydrogen-bond donors (Lipinski definition) is 1. The Kier molecular flexibility index (Phi) is 4.03. The summed E-state index contributed by atoms with van der Waals surface area (Å²) >= 11 is 0. The topological polar surface area (TPSA) is 53.7 Å². The molecule has 0 saturated carbocycles. The Hall–Kier alpha value is -2.07. The minimum Gasteiger partial charge on any atom is -0.451 e. The van der Waals surface area contributed by atoms with E-state index < -0.39 is 6.10 Å². The summed E-state index contributed by atoms with van der Waals surface area (Å²) in [5, 5.41) is 9.54. The maximum atomic E-state index is 12.3. The zero-order chi connectivity index (χ0) is 15.7. The molecule has 0 aliphatic carbocycles. The fourth-order valence-corrected chi connectivity index (χ4v) is 2.74. The van der Waals surface area contributed by atoms with Gasteiger partial charge in [-0.15, -0.1) is 0 Å². The summed E-state index contributed by atoms with van der Waals surface area (Å²) in [6.45, 7) is 5.26. The van der Waals surface area contributed by atoms with Gasteiger partial charge in [0.05, 0.1) is 6.10 Å². The monoisotopic (exact) mass is 299 g/mol. The van der Waals surface area contributed by atoms with Crippen LogP contribution in [0.25, 0.3) is 11.3 Å². The van der Waals surface area contributed by atoms with Crippen molar-refractivity contribution in [3.63, 3.8) is 0 Å². The Labute approximate surface area is 130 Å². The number of β-amino-alcohol motifs (C(OH)–C–C–N with tert-alkyl or cyclic N) is 1. The van der Waals surface area contributed by atoms with Gasteiger partial charge in [-0.05, 0) is 36.1 Å². The van der Waals surface area contributed by atoms with Crippen molar-refractivity contribution in [1.82, 2.24) is 4.90 Å².